The Morgan fingerprint density at radius 3 is 2.72 bits per heavy atom. The van der Waals surface area contributed by atoms with E-state index in [2.05, 4.69) is 36.5 Å². The highest BCUT2D eigenvalue weighted by Gasteiger charge is 2.46. The number of rotatable bonds is 2. The highest BCUT2D eigenvalue weighted by molar-refractivity contribution is 5.83. The lowest BCUT2D eigenvalue weighted by molar-refractivity contribution is -0.133. The number of aryl methyl sites for hydroxylation is 1. The van der Waals surface area contributed by atoms with Gasteiger partial charge in [0.25, 0.3) is 0 Å². The molecular formula is C15H20N2O. The number of hydrogen-bond donors (Lipinski definition) is 1. The van der Waals surface area contributed by atoms with Crippen molar-refractivity contribution in [3.63, 3.8) is 0 Å². The van der Waals surface area contributed by atoms with Crippen LogP contribution in [-0.4, -0.2) is 37.0 Å². The van der Waals surface area contributed by atoms with Crippen molar-refractivity contribution >= 4 is 5.91 Å². The van der Waals surface area contributed by atoms with Gasteiger partial charge in [-0.2, -0.15) is 0 Å². The van der Waals surface area contributed by atoms with E-state index in [-0.39, 0.29) is 5.92 Å². The lowest BCUT2D eigenvalue weighted by atomic mass is 10.0. The minimum absolute atomic E-state index is 0.240. The van der Waals surface area contributed by atoms with E-state index in [1.54, 1.807) is 0 Å². The third-order valence-electron chi connectivity index (χ3n) is 4.12. The maximum absolute atomic E-state index is 12.4. The Bertz CT molecular complexity index is 452. The molecule has 2 atom stereocenters. The molecule has 3 rings (SSSR count). The van der Waals surface area contributed by atoms with Gasteiger partial charge in [0.15, 0.2) is 0 Å². The van der Waals surface area contributed by atoms with Gasteiger partial charge in [-0.25, -0.2) is 0 Å². The molecule has 0 aromatic heterocycles. The Morgan fingerprint density at radius 2 is 2.00 bits per heavy atom. The van der Waals surface area contributed by atoms with Crippen molar-refractivity contribution in [1.29, 1.82) is 0 Å². The summed E-state index contributed by atoms with van der Waals surface area (Å²) in [6.45, 7) is 5.76. The number of hydrogen-bond acceptors (Lipinski definition) is 2. The van der Waals surface area contributed by atoms with Crippen LogP contribution in [0.5, 0.6) is 0 Å². The molecule has 2 aliphatic rings. The summed E-state index contributed by atoms with van der Waals surface area (Å²) < 4.78 is 0. The van der Waals surface area contributed by atoms with E-state index < -0.39 is 0 Å². The van der Waals surface area contributed by atoms with E-state index in [1.165, 1.54) is 11.1 Å². The number of piperazine rings is 1. The molecule has 1 aromatic carbocycles. The number of carbonyl (C=O) groups excluding carboxylic acids is 1. The maximum Gasteiger partial charge on any atom is 0.226 e. The smallest absolute Gasteiger partial charge is 0.226 e. The monoisotopic (exact) mass is 244 g/mol. The molecule has 3 heteroatoms. The van der Waals surface area contributed by atoms with Crippen molar-refractivity contribution in [2.75, 3.05) is 26.2 Å². The van der Waals surface area contributed by atoms with Crippen LogP contribution in [0.3, 0.4) is 0 Å². The van der Waals surface area contributed by atoms with Crippen molar-refractivity contribution in [1.82, 2.24) is 10.2 Å². The zero-order chi connectivity index (χ0) is 12.5. The van der Waals surface area contributed by atoms with Crippen LogP contribution in [0.4, 0.5) is 0 Å². The van der Waals surface area contributed by atoms with Crippen LogP contribution in [0, 0.1) is 12.8 Å². The van der Waals surface area contributed by atoms with Crippen LogP contribution in [0.15, 0.2) is 24.3 Å². The fourth-order valence-electron chi connectivity index (χ4n) is 2.93. The summed E-state index contributed by atoms with van der Waals surface area (Å²) in [7, 11) is 0. The Balaban J connectivity index is 1.67. The Kier molecular flexibility index (Phi) is 3.08. The maximum atomic E-state index is 12.4. The average Bonchev–Trinajstić information content (AvgIpc) is 3.20. The van der Waals surface area contributed by atoms with Crippen molar-refractivity contribution in [2.45, 2.75) is 19.3 Å². The van der Waals surface area contributed by atoms with Crippen LogP contribution in [0.25, 0.3) is 0 Å². The largest absolute Gasteiger partial charge is 0.340 e. The number of nitrogens with one attached hydrogen (secondary N) is 1. The highest BCUT2D eigenvalue weighted by atomic mass is 16.2. The molecule has 2 fully saturated rings. The van der Waals surface area contributed by atoms with Crippen LogP contribution in [0.2, 0.25) is 0 Å². The summed E-state index contributed by atoms with van der Waals surface area (Å²) in [6.07, 6.45) is 1.04. The number of carbonyl (C=O) groups is 1. The first-order chi connectivity index (χ1) is 8.77. The highest BCUT2D eigenvalue weighted by Crippen LogP contribution is 2.49. The van der Waals surface area contributed by atoms with Gasteiger partial charge >= 0.3 is 0 Å². The molecule has 96 valence electrons. The normalized spacial score (nSPS) is 27.1. The Hall–Kier alpha value is -1.35. The molecule has 18 heavy (non-hydrogen) atoms. The van der Waals surface area contributed by atoms with E-state index in [4.69, 9.17) is 0 Å². The van der Waals surface area contributed by atoms with Gasteiger partial charge in [-0.15, -0.1) is 0 Å². The predicted molar refractivity (Wildman–Crippen MR) is 71.5 cm³/mol. The first-order valence-corrected chi connectivity index (χ1v) is 6.82. The van der Waals surface area contributed by atoms with Gasteiger partial charge in [0.05, 0.1) is 0 Å². The van der Waals surface area contributed by atoms with Crippen LogP contribution >= 0.6 is 0 Å². The first kappa shape index (κ1) is 11.7. The van der Waals surface area contributed by atoms with Gasteiger partial charge in [0.2, 0.25) is 5.91 Å². The summed E-state index contributed by atoms with van der Waals surface area (Å²) >= 11 is 0. The van der Waals surface area contributed by atoms with Crippen molar-refractivity contribution < 1.29 is 4.79 Å². The second-order valence-corrected chi connectivity index (χ2v) is 5.38. The van der Waals surface area contributed by atoms with Gasteiger partial charge in [-0.3, -0.25) is 4.79 Å². The molecule has 1 N–H and O–H groups in total. The average molecular weight is 244 g/mol. The molecule has 1 aliphatic heterocycles. The number of amides is 1. The van der Waals surface area contributed by atoms with E-state index in [0.717, 1.165) is 32.6 Å². The van der Waals surface area contributed by atoms with E-state index >= 15 is 0 Å². The fraction of sp³-hybridized carbons (Fsp3) is 0.533. The van der Waals surface area contributed by atoms with Crippen LogP contribution in [-0.2, 0) is 4.79 Å². The lowest BCUT2D eigenvalue weighted by Crippen LogP contribution is -2.47. The third kappa shape index (κ3) is 2.15. The molecule has 3 nitrogen and oxygen atoms in total. The van der Waals surface area contributed by atoms with Gasteiger partial charge in [-0.05, 0) is 30.4 Å². The third-order valence-corrected chi connectivity index (χ3v) is 4.12. The fourth-order valence-corrected chi connectivity index (χ4v) is 2.93. The van der Waals surface area contributed by atoms with Gasteiger partial charge in [-0.1, -0.05) is 24.3 Å². The zero-order valence-electron chi connectivity index (χ0n) is 10.9. The Morgan fingerprint density at radius 1 is 1.28 bits per heavy atom. The summed E-state index contributed by atoms with van der Waals surface area (Å²) in [5.41, 5.74) is 2.68. The summed E-state index contributed by atoms with van der Waals surface area (Å²) in [4.78, 5) is 14.4. The van der Waals surface area contributed by atoms with Crippen molar-refractivity contribution in [3.8, 4) is 0 Å². The summed E-state index contributed by atoms with van der Waals surface area (Å²) in [5, 5.41) is 3.29. The standard InChI is InChI=1S/C15H20N2O/c1-11-4-2-3-5-12(11)13-10-14(13)15(18)17-8-6-16-7-9-17/h2-5,13-14,16H,6-10H2,1H3/t13-,14+/m1/s1. The first-order valence-electron chi connectivity index (χ1n) is 6.82. The van der Waals surface area contributed by atoms with Crippen molar-refractivity contribution in [2.24, 2.45) is 5.92 Å². The Labute approximate surface area is 108 Å². The second kappa shape index (κ2) is 4.73. The molecule has 0 spiro atoms. The minimum atomic E-state index is 0.240. The van der Waals surface area contributed by atoms with Crippen LogP contribution < -0.4 is 5.32 Å². The minimum Gasteiger partial charge on any atom is -0.340 e. The number of nitrogens with zero attached hydrogens (tertiary/aromatic N) is 1. The van der Waals surface area contributed by atoms with E-state index in [1.807, 2.05) is 4.90 Å². The van der Waals surface area contributed by atoms with Gasteiger partial charge in [0, 0.05) is 32.1 Å². The number of benzene rings is 1. The molecule has 1 aromatic rings. The molecule has 1 heterocycles. The lowest BCUT2D eigenvalue weighted by Gasteiger charge is -2.27. The van der Waals surface area contributed by atoms with Crippen molar-refractivity contribution in [3.05, 3.63) is 35.4 Å². The van der Waals surface area contributed by atoms with E-state index in [0.29, 0.717) is 11.8 Å². The summed E-state index contributed by atoms with van der Waals surface area (Å²) in [5.74, 6) is 1.07. The SMILES string of the molecule is Cc1ccccc1[C@H]1C[C@@H]1C(=O)N1CCNCC1. The van der Waals surface area contributed by atoms with E-state index in [9.17, 15) is 4.79 Å². The zero-order valence-corrected chi connectivity index (χ0v) is 10.9. The quantitative estimate of drug-likeness (QED) is 0.855. The van der Waals surface area contributed by atoms with Gasteiger partial charge < -0.3 is 10.2 Å². The van der Waals surface area contributed by atoms with Crippen LogP contribution in [0.1, 0.15) is 23.5 Å². The molecule has 0 unspecified atom stereocenters. The molecule has 1 amide bonds. The molecule has 1 aliphatic carbocycles. The molecule has 1 saturated heterocycles. The molecule has 0 radical (unpaired) electrons. The topological polar surface area (TPSA) is 32.3 Å². The molecular weight excluding hydrogens is 224 g/mol. The predicted octanol–water partition coefficient (Wildman–Crippen LogP) is 1.53. The molecule has 0 bridgehead atoms. The summed E-state index contributed by atoms with van der Waals surface area (Å²) in [6, 6.07) is 8.45. The van der Waals surface area contributed by atoms with Gasteiger partial charge in [0.1, 0.15) is 0 Å². The second-order valence-electron chi connectivity index (χ2n) is 5.38. The molecule has 1 saturated carbocycles.